The van der Waals surface area contributed by atoms with Crippen molar-refractivity contribution in [2.24, 2.45) is 5.73 Å². The highest BCUT2D eigenvalue weighted by atomic mass is 16.3. The normalized spacial score (nSPS) is 17.9. The summed E-state index contributed by atoms with van der Waals surface area (Å²) >= 11 is 0. The number of ketones is 1. The van der Waals surface area contributed by atoms with Crippen LogP contribution in [0.25, 0.3) is 0 Å². The monoisotopic (exact) mass is 191 g/mol. The lowest BCUT2D eigenvalue weighted by Crippen LogP contribution is -2.13. The Morgan fingerprint density at radius 2 is 1.93 bits per heavy atom. The van der Waals surface area contributed by atoms with Crippen molar-refractivity contribution in [3.63, 3.8) is 0 Å². The van der Waals surface area contributed by atoms with E-state index in [-0.39, 0.29) is 12.3 Å². The topological polar surface area (TPSA) is 63.3 Å². The largest absolute Gasteiger partial charge is 0.385 e. The first-order valence-electron chi connectivity index (χ1n) is 4.72. The lowest BCUT2D eigenvalue weighted by Gasteiger charge is -2.07. The van der Waals surface area contributed by atoms with Gasteiger partial charge in [-0.2, -0.15) is 0 Å². The molecule has 0 amide bonds. The second-order valence-corrected chi connectivity index (χ2v) is 3.74. The SMILES string of the molecule is NCC(=O)c1ccc(C2(O)CC2)cc1. The van der Waals surface area contributed by atoms with Gasteiger partial charge in [-0.3, -0.25) is 4.79 Å². The van der Waals surface area contributed by atoms with E-state index in [4.69, 9.17) is 5.73 Å². The molecule has 0 aliphatic heterocycles. The van der Waals surface area contributed by atoms with Crippen molar-refractivity contribution in [1.82, 2.24) is 0 Å². The third-order valence-electron chi connectivity index (χ3n) is 2.65. The Kier molecular flexibility index (Phi) is 2.13. The fraction of sp³-hybridized carbons (Fsp3) is 0.364. The molecule has 0 unspecified atom stereocenters. The van der Waals surface area contributed by atoms with E-state index in [2.05, 4.69) is 0 Å². The minimum atomic E-state index is -0.621. The van der Waals surface area contributed by atoms with Gasteiger partial charge in [0.1, 0.15) is 0 Å². The molecule has 1 saturated carbocycles. The highest BCUT2D eigenvalue weighted by molar-refractivity contribution is 5.97. The van der Waals surface area contributed by atoms with Crippen molar-refractivity contribution < 1.29 is 9.90 Å². The molecule has 0 radical (unpaired) electrons. The summed E-state index contributed by atoms with van der Waals surface area (Å²) in [4.78, 5) is 11.2. The predicted octanol–water partition coefficient (Wildman–Crippen LogP) is 0.809. The van der Waals surface area contributed by atoms with Gasteiger partial charge in [0.2, 0.25) is 0 Å². The lowest BCUT2D eigenvalue weighted by atomic mass is 10.0. The summed E-state index contributed by atoms with van der Waals surface area (Å²) in [7, 11) is 0. The van der Waals surface area contributed by atoms with Crippen LogP contribution >= 0.6 is 0 Å². The van der Waals surface area contributed by atoms with Gasteiger partial charge in [0.05, 0.1) is 12.1 Å². The molecule has 3 nitrogen and oxygen atoms in total. The Hall–Kier alpha value is -1.19. The first kappa shape index (κ1) is 9.37. The van der Waals surface area contributed by atoms with Crippen molar-refractivity contribution in [1.29, 1.82) is 0 Å². The van der Waals surface area contributed by atoms with Crippen LogP contribution in [0.4, 0.5) is 0 Å². The first-order chi connectivity index (χ1) is 6.65. The van der Waals surface area contributed by atoms with Gasteiger partial charge in [-0.05, 0) is 18.4 Å². The van der Waals surface area contributed by atoms with Gasteiger partial charge in [-0.1, -0.05) is 24.3 Å². The molecule has 0 heterocycles. The number of carbonyl (C=O) groups excluding carboxylic acids is 1. The van der Waals surface area contributed by atoms with E-state index in [0.717, 1.165) is 18.4 Å². The second-order valence-electron chi connectivity index (χ2n) is 3.74. The van der Waals surface area contributed by atoms with Gasteiger partial charge in [0.15, 0.2) is 5.78 Å². The fourth-order valence-electron chi connectivity index (χ4n) is 1.49. The van der Waals surface area contributed by atoms with E-state index in [0.29, 0.717) is 5.56 Å². The molecule has 74 valence electrons. The summed E-state index contributed by atoms with van der Waals surface area (Å²) in [5, 5.41) is 9.78. The molecule has 1 aliphatic carbocycles. The minimum Gasteiger partial charge on any atom is -0.385 e. The summed E-state index contributed by atoms with van der Waals surface area (Å²) in [6.07, 6.45) is 1.63. The van der Waals surface area contributed by atoms with Crippen LogP contribution < -0.4 is 5.73 Å². The second kappa shape index (κ2) is 3.19. The number of Topliss-reactive ketones (excluding diaryl/α,β-unsaturated/α-hetero) is 1. The van der Waals surface area contributed by atoms with E-state index in [9.17, 15) is 9.90 Å². The molecule has 2 rings (SSSR count). The van der Waals surface area contributed by atoms with E-state index in [1.165, 1.54) is 0 Å². The molecule has 0 bridgehead atoms. The number of rotatable bonds is 3. The van der Waals surface area contributed by atoms with Crippen LogP contribution in [-0.2, 0) is 5.60 Å². The van der Waals surface area contributed by atoms with Crippen LogP contribution in [0.1, 0.15) is 28.8 Å². The molecule has 1 aromatic carbocycles. The Labute approximate surface area is 82.5 Å². The molecule has 1 aromatic rings. The van der Waals surface area contributed by atoms with Crippen LogP contribution in [-0.4, -0.2) is 17.4 Å². The standard InChI is InChI=1S/C11H13NO2/c12-7-10(13)8-1-3-9(4-2-8)11(14)5-6-11/h1-4,14H,5-7,12H2. The Morgan fingerprint density at radius 1 is 1.36 bits per heavy atom. The first-order valence-corrected chi connectivity index (χ1v) is 4.72. The maximum Gasteiger partial charge on any atom is 0.176 e. The van der Waals surface area contributed by atoms with Gasteiger partial charge in [0, 0.05) is 5.56 Å². The van der Waals surface area contributed by atoms with Crippen LogP contribution in [0.2, 0.25) is 0 Å². The zero-order valence-corrected chi connectivity index (χ0v) is 7.86. The Balaban J connectivity index is 2.22. The molecule has 0 atom stereocenters. The lowest BCUT2D eigenvalue weighted by molar-refractivity contribution is 0.100. The third-order valence-corrected chi connectivity index (χ3v) is 2.65. The van der Waals surface area contributed by atoms with Gasteiger partial charge >= 0.3 is 0 Å². The quantitative estimate of drug-likeness (QED) is 0.695. The van der Waals surface area contributed by atoms with Crippen LogP contribution in [0.15, 0.2) is 24.3 Å². The number of hydrogen-bond acceptors (Lipinski definition) is 3. The third kappa shape index (κ3) is 1.56. The highest BCUT2D eigenvalue weighted by Gasteiger charge is 2.41. The van der Waals surface area contributed by atoms with Gasteiger partial charge in [0.25, 0.3) is 0 Å². The number of benzene rings is 1. The van der Waals surface area contributed by atoms with Crippen molar-refractivity contribution >= 4 is 5.78 Å². The van der Waals surface area contributed by atoms with Crippen LogP contribution in [0.5, 0.6) is 0 Å². The average molecular weight is 191 g/mol. The summed E-state index contributed by atoms with van der Waals surface area (Å²) in [5.74, 6) is -0.0701. The molecule has 1 aliphatic rings. The summed E-state index contributed by atoms with van der Waals surface area (Å²) in [5.41, 5.74) is 6.13. The van der Waals surface area contributed by atoms with Crippen molar-refractivity contribution in [3.05, 3.63) is 35.4 Å². The number of carbonyl (C=O) groups is 1. The van der Waals surface area contributed by atoms with E-state index in [1.54, 1.807) is 24.3 Å². The van der Waals surface area contributed by atoms with E-state index in [1.807, 2.05) is 0 Å². The van der Waals surface area contributed by atoms with Crippen molar-refractivity contribution in [3.8, 4) is 0 Å². The molecular formula is C11H13NO2. The molecule has 14 heavy (non-hydrogen) atoms. The number of nitrogens with two attached hydrogens (primary N) is 1. The van der Waals surface area contributed by atoms with Crippen molar-refractivity contribution in [2.45, 2.75) is 18.4 Å². The molecule has 3 N–H and O–H groups in total. The Morgan fingerprint density at radius 3 is 2.36 bits per heavy atom. The average Bonchev–Trinajstić information content (AvgIpc) is 2.97. The summed E-state index contributed by atoms with van der Waals surface area (Å²) in [6, 6.07) is 7.05. The zero-order valence-electron chi connectivity index (χ0n) is 7.86. The van der Waals surface area contributed by atoms with Gasteiger partial charge in [-0.25, -0.2) is 0 Å². The molecule has 0 spiro atoms. The molecule has 1 fully saturated rings. The number of aliphatic hydroxyl groups is 1. The van der Waals surface area contributed by atoms with E-state index < -0.39 is 5.60 Å². The van der Waals surface area contributed by atoms with Crippen molar-refractivity contribution in [2.75, 3.05) is 6.54 Å². The van der Waals surface area contributed by atoms with Gasteiger partial charge in [-0.15, -0.1) is 0 Å². The maximum absolute atomic E-state index is 11.2. The predicted molar refractivity (Wildman–Crippen MR) is 53.0 cm³/mol. The summed E-state index contributed by atoms with van der Waals surface area (Å²) < 4.78 is 0. The van der Waals surface area contributed by atoms with Crippen LogP contribution in [0, 0.1) is 0 Å². The van der Waals surface area contributed by atoms with Gasteiger partial charge < -0.3 is 10.8 Å². The smallest absolute Gasteiger partial charge is 0.176 e. The highest BCUT2D eigenvalue weighted by Crippen LogP contribution is 2.45. The zero-order chi connectivity index (χ0) is 10.2. The molecular weight excluding hydrogens is 178 g/mol. The number of hydrogen-bond donors (Lipinski definition) is 2. The fourth-order valence-corrected chi connectivity index (χ4v) is 1.49. The molecule has 3 heteroatoms. The van der Waals surface area contributed by atoms with E-state index >= 15 is 0 Å². The minimum absolute atomic E-state index is 0.0314. The maximum atomic E-state index is 11.2. The summed E-state index contributed by atoms with van der Waals surface area (Å²) in [6.45, 7) is 0.0314. The Bertz CT molecular complexity index is 352. The molecule has 0 saturated heterocycles. The molecule has 0 aromatic heterocycles. The van der Waals surface area contributed by atoms with Crippen LogP contribution in [0.3, 0.4) is 0 Å².